The van der Waals surface area contributed by atoms with Crippen LogP contribution in [0.5, 0.6) is 0 Å². The minimum absolute atomic E-state index is 0. The van der Waals surface area contributed by atoms with Crippen LogP contribution in [0, 0.1) is 5.92 Å². The molecule has 0 bridgehead atoms. The van der Waals surface area contributed by atoms with Gasteiger partial charge >= 0.3 is 0 Å². The maximum Gasteiger partial charge on any atom is 0.233 e. The van der Waals surface area contributed by atoms with Crippen molar-refractivity contribution in [2.75, 3.05) is 26.7 Å². The van der Waals surface area contributed by atoms with Gasteiger partial charge in [0.25, 0.3) is 0 Å². The summed E-state index contributed by atoms with van der Waals surface area (Å²) in [5.74, 6) is 0.400. The van der Waals surface area contributed by atoms with Crippen molar-refractivity contribution in [3.63, 3.8) is 0 Å². The summed E-state index contributed by atoms with van der Waals surface area (Å²) in [6, 6.07) is 10.3. The number of carbonyl (C=O) groups excluding carboxylic acids is 1. The van der Waals surface area contributed by atoms with Crippen molar-refractivity contribution < 1.29 is 9.53 Å². The van der Waals surface area contributed by atoms with E-state index in [0.29, 0.717) is 19.0 Å². The van der Waals surface area contributed by atoms with E-state index >= 15 is 0 Å². The van der Waals surface area contributed by atoms with E-state index in [1.807, 2.05) is 18.2 Å². The first-order valence-electron chi connectivity index (χ1n) is 6.89. The molecule has 112 valence electrons. The molecule has 2 rings (SSSR count). The summed E-state index contributed by atoms with van der Waals surface area (Å²) in [7, 11) is 1.77. The molecular weight excluding hydrogens is 276 g/mol. The molecular formula is C15H23ClN2O2. The van der Waals surface area contributed by atoms with Crippen LogP contribution in [0.2, 0.25) is 0 Å². The number of hydrogen-bond acceptors (Lipinski definition) is 3. The normalized spacial score (nSPS) is 21.9. The second-order valence-corrected chi connectivity index (χ2v) is 4.94. The number of halogens is 1. The molecule has 1 aromatic rings. The topological polar surface area (TPSA) is 50.4 Å². The third-order valence-electron chi connectivity index (χ3n) is 3.47. The lowest BCUT2D eigenvalue weighted by molar-refractivity contribution is -0.120. The van der Waals surface area contributed by atoms with Crippen LogP contribution in [-0.4, -0.2) is 32.7 Å². The highest BCUT2D eigenvalue weighted by molar-refractivity contribution is 5.85. The predicted octanol–water partition coefficient (Wildman–Crippen LogP) is 1.91. The maximum absolute atomic E-state index is 11.5. The lowest BCUT2D eigenvalue weighted by atomic mass is 9.89. The summed E-state index contributed by atoms with van der Waals surface area (Å²) < 4.78 is 5.90. The molecule has 0 saturated carbocycles. The molecule has 0 spiro atoms. The lowest BCUT2D eigenvalue weighted by Gasteiger charge is -2.32. The van der Waals surface area contributed by atoms with Crippen molar-refractivity contribution in [3.8, 4) is 0 Å². The summed E-state index contributed by atoms with van der Waals surface area (Å²) in [6.07, 6.45) is 2.26. The first kappa shape index (κ1) is 17.0. The fourth-order valence-electron chi connectivity index (χ4n) is 2.53. The van der Waals surface area contributed by atoms with E-state index < -0.39 is 0 Å². The van der Waals surface area contributed by atoms with E-state index in [4.69, 9.17) is 4.74 Å². The van der Waals surface area contributed by atoms with Gasteiger partial charge in [-0.15, -0.1) is 12.4 Å². The van der Waals surface area contributed by atoms with E-state index in [2.05, 4.69) is 22.8 Å². The van der Waals surface area contributed by atoms with Gasteiger partial charge in [0.05, 0.1) is 12.6 Å². The van der Waals surface area contributed by atoms with Gasteiger partial charge in [-0.25, -0.2) is 0 Å². The fraction of sp³-hybridized carbons (Fsp3) is 0.533. The monoisotopic (exact) mass is 298 g/mol. The Morgan fingerprint density at radius 3 is 2.80 bits per heavy atom. The molecule has 2 unspecified atom stereocenters. The number of carbonyl (C=O) groups is 1. The molecule has 0 radical (unpaired) electrons. The van der Waals surface area contributed by atoms with E-state index in [1.54, 1.807) is 7.05 Å². The second kappa shape index (κ2) is 8.95. The molecule has 20 heavy (non-hydrogen) atoms. The number of benzene rings is 1. The van der Waals surface area contributed by atoms with E-state index in [9.17, 15) is 4.79 Å². The smallest absolute Gasteiger partial charge is 0.233 e. The second-order valence-electron chi connectivity index (χ2n) is 4.94. The summed E-state index contributed by atoms with van der Waals surface area (Å²) in [4.78, 5) is 11.5. The van der Waals surface area contributed by atoms with Crippen molar-refractivity contribution >= 4 is 18.3 Å². The lowest BCUT2D eigenvalue weighted by Crippen LogP contribution is -2.38. The van der Waals surface area contributed by atoms with E-state index in [-0.39, 0.29) is 24.4 Å². The summed E-state index contributed by atoms with van der Waals surface area (Å²) in [6.45, 7) is 1.85. The van der Waals surface area contributed by atoms with Crippen LogP contribution >= 0.6 is 12.4 Å². The first-order valence-corrected chi connectivity index (χ1v) is 6.89. The van der Waals surface area contributed by atoms with Gasteiger partial charge < -0.3 is 15.4 Å². The Hall–Kier alpha value is -1.10. The fourth-order valence-corrected chi connectivity index (χ4v) is 2.53. The molecule has 4 nitrogen and oxygen atoms in total. The summed E-state index contributed by atoms with van der Waals surface area (Å²) in [5, 5.41) is 5.83. The van der Waals surface area contributed by atoms with Crippen molar-refractivity contribution in [3.05, 3.63) is 35.9 Å². The Balaban J connectivity index is 0.00000200. The van der Waals surface area contributed by atoms with Crippen LogP contribution in [-0.2, 0) is 9.53 Å². The van der Waals surface area contributed by atoms with Crippen LogP contribution < -0.4 is 10.6 Å². The molecule has 1 amide bonds. The SMILES string of the molecule is CNCC(=O)NCC1CCCOC1c1ccccc1.Cl. The quantitative estimate of drug-likeness (QED) is 0.873. The molecule has 2 atom stereocenters. The van der Waals surface area contributed by atoms with Gasteiger partial charge in [-0.3, -0.25) is 4.79 Å². The Morgan fingerprint density at radius 1 is 1.35 bits per heavy atom. The van der Waals surface area contributed by atoms with Crippen LogP contribution in [0.3, 0.4) is 0 Å². The van der Waals surface area contributed by atoms with Gasteiger partial charge in [0, 0.05) is 19.1 Å². The Morgan fingerprint density at radius 2 is 2.10 bits per heavy atom. The van der Waals surface area contributed by atoms with Crippen LogP contribution in [0.15, 0.2) is 30.3 Å². The van der Waals surface area contributed by atoms with Crippen molar-refractivity contribution in [2.45, 2.75) is 18.9 Å². The number of rotatable bonds is 5. The average Bonchev–Trinajstić information content (AvgIpc) is 2.47. The third-order valence-corrected chi connectivity index (χ3v) is 3.47. The zero-order valence-electron chi connectivity index (χ0n) is 11.8. The van der Waals surface area contributed by atoms with Crippen molar-refractivity contribution in [1.29, 1.82) is 0 Å². The highest BCUT2D eigenvalue weighted by Gasteiger charge is 2.27. The highest BCUT2D eigenvalue weighted by atomic mass is 35.5. The summed E-state index contributed by atoms with van der Waals surface area (Å²) in [5.41, 5.74) is 1.20. The van der Waals surface area contributed by atoms with E-state index in [0.717, 1.165) is 19.4 Å². The van der Waals surface area contributed by atoms with Gasteiger partial charge in [-0.05, 0) is 25.5 Å². The molecule has 1 aromatic carbocycles. The van der Waals surface area contributed by atoms with Gasteiger partial charge in [0.15, 0.2) is 0 Å². The summed E-state index contributed by atoms with van der Waals surface area (Å²) >= 11 is 0. The van der Waals surface area contributed by atoms with Gasteiger partial charge in [0.1, 0.15) is 0 Å². The molecule has 1 saturated heterocycles. The molecule has 1 heterocycles. The minimum Gasteiger partial charge on any atom is -0.373 e. The zero-order valence-corrected chi connectivity index (χ0v) is 12.6. The maximum atomic E-state index is 11.5. The molecule has 1 aliphatic rings. The van der Waals surface area contributed by atoms with Gasteiger partial charge in [-0.2, -0.15) is 0 Å². The zero-order chi connectivity index (χ0) is 13.5. The van der Waals surface area contributed by atoms with Crippen molar-refractivity contribution in [2.24, 2.45) is 5.92 Å². The standard InChI is InChI=1S/C15H22N2O2.ClH/c1-16-11-14(18)17-10-13-8-5-9-19-15(13)12-6-3-2-4-7-12;/h2-4,6-7,13,15-16H,5,8-11H2,1H3,(H,17,18);1H. The minimum atomic E-state index is 0. The number of ether oxygens (including phenoxy) is 1. The molecule has 0 aliphatic carbocycles. The Bertz CT molecular complexity index is 400. The van der Waals surface area contributed by atoms with Crippen LogP contribution in [0.4, 0.5) is 0 Å². The Labute approximate surface area is 126 Å². The predicted molar refractivity (Wildman–Crippen MR) is 82.0 cm³/mol. The number of nitrogens with one attached hydrogen (secondary N) is 2. The Kier molecular flexibility index (Phi) is 7.59. The molecule has 5 heteroatoms. The highest BCUT2D eigenvalue weighted by Crippen LogP contribution is 2.32. The van der Waals surface area contributed by atoms with Gasteiger partial charge in [-0.1, -0.05) is 30.3 Å². The number of likely N-dealkylation sites (N-methyl/N-ethyl adjacent to an activating group) is 1. The molecule has 1 aliphatic heterocycles. The van der Waals surface area contributed by atoms with Crippen LogP contribution in [0.1, 0.15) is 24.5 Å². The third kappa shape index (κ3) is 4.78. The van der Waals surface area contributed by atoms with E-state index in [1.165, 1.54) is 5.56 Å². The largest absolute Gasteiger partial charge is 0.373 e. The van der Waals surface area contributed by atoms with Crippen LogP contribution in [0.25, 0.3) is 0 Å². The number of hydrogen-bond donors (Lipinski definition) is 2. The molecule has 0 aromatic heterocycles. The average molecular weight is 299 g/mol. The molecule has 1 fully saturated rings. The first-order chi connectivity index (χ1) is 9.31. The van der Waals surface area contributed by atoms with Crippen molar-refractivity contribution in [1.82, 2.24) is 10.6 Å². The molecule has 2 N–H and O–H groups in total. The number of amides is 1. The van der Waals surface area contributed by atoms with Gasteiger partial charge in [0.2, 0.25) is 5.91 Å².